The van der Waals surface area contributed by atoms with Crippen molar-refractivity contribution in [3.8, 4) is 5.75 Å². The Morgan fingerprint density at radius 2 is 2.16 bits per heavy atom. The molecule has 1 saturated heterocycles. The van der Waals surface area contributed by atoms with Crippen LogP contribution in [-0.4, -0.2) is 37.6 Å². The molecular formula is C19H25N3O3. The number of nitrogens with two attached hydrogens (primary N) is 1. The summed E-state index contributed by atoms with van der Waals surface area (Å²) in [7, 11) is 1.67. The van der Waals surface area contributed by atoms with E-state index in [1.165, 1.54) is 19.1 Å². The number of methoxy groups -OCH3 is 1. The molecule has 6 heteroatoms. The number of nitrogens with one attached hydrogen (secondary N) is 1. The van der Waals surface area contributed by atoms with Gasteiger partial charge in [0.15, 0.2) is 0 Å². The van der Waals surface area contributed by atoms with E-state index in [-0.39, 0.29) is 18.5 Å². The highest BCUT2D eigenvalue weighted by Gasteiger charge is 2.24. The van der Waals surface area contributed by atoms with Gasteiger partial charge in [-0.15, -0.1) is 0 Å². The minimum absolute atomic E-state index is 0.127. The summed E-state index contributed by atoms with van der Waals surface area (Å²) in [5.41, 5.74) is 7.18. The average molecular weight is 343 g/mol. The first-order valence-electron chi connectivity index (χ1n) is 8.65. The average Bonchev–Trinajstić information content (AvgIpc) is 3.34. The van der Waals surface area contributed by atoms with Crippen LogP contribution in [0.15, 0.2) is 41.0 Å². The molecule has 6 nitrogen and oxygen atoms in total. The maximum atomic E-state index is 12.4. The van der Waals surface area contributed by atoms with Crippen molar-refractivity contribution in [1.29, 1.82) is 0 Å². The zero-order valence-corrected chi connectivity index (χ0v) is 14.5. The van der Waals surface area contributed by atoms with Crippen LogP contribution in [-0.2, 0) is 6.54 Å². The van der Waals surface area contributed by atoms with E-state index in [1.807, 2.05) is 18.2 Å². The van der Waals surface area contributed by atoms with Gasteiger partial charge in [0.2, 0.25) is 0 Å². The molecule has 1 unspecified atom stereocenters. The molecule has 1 aromatic heterocycles. The Labute approximate surface area is 147 Å². The third kappa shape index (κ3) is 4.21. The van der Waals surface area contributed by atoms with Crippen molar-refractivity contribution in [2.24, 2.45) is 5.73 Å². The first-order valence-corrected chi connectivity index (χ1v) is 8.65. The van der Waals surface area contributed by atoms with Crippen LogP contribution in [0.4, 0.5) is 0 Å². The van der Waals surface area contributed by atoms with E-state index in [1.54, 1.807) is 13.2 Å². The van der Waals surface area contributed by atoms with Crippen molar-refractivity contribution in [2.75, 3.05) is 26.7 Å². The van der Waals surface area contributed by atoms with Gasteiger partial charge in [-0.1, -0.05) is 12.1 Å². The van der Waals surface area contributed by atoms with Crippen molar-refractivity contribution in [3.05, 3.63) is 53.5 Å². The molecule has 1 aliphatic heterocycles. The first kappa shape index (κ1) is 17.5. The number of ether oxygens (including phenoxy) is 1. The summed E-state index contributed by atoms with van der Waals surface area (Å²) in [6, 6.07) is 9.86. The summed E-state index contributed by atoms with van der Waals surface area (Å²) in [6.07, 6.45) is 3.83. The number of amides is 1. The molecule has 2 aromatic rings. The minimum Gasteiger partial charge on any atom is -0.497 e. The van der Waals surface area contributed by atoms with Crippen LogP contribution in [0.2, 0.25) is 0 Å². The monoisotopic (exact) mass is 343 g/mol. The molecule has 0 aliphatic carbocycles. The van der Waals surface area contributed by atoms with E-state index >= 15 is 0 Å². The van der Waals surface area contributed by atoms with Crippen molar-refractivity contribution >= 4 is 5.91 Å². The van der Waals surface area contributed by atoms with E-state index in [4.69, 9.17) is 14.9 Å². The quantitative estimate of drug-likeness (QED) is 0.806. The second-order valence-electron chi connectivity index (χ2n) is 6.25. The molecular weight excluding hydrogens is 318 g/mol. The van der Waals surface area contributed by atoms with Gasteiger partial charge < -0.3 is 20.2 Å². The lowest BCUT2D eigenvalue weighted by atomic mass is 10.0. The smallest absolute Gasteiger partial charge is 0.254 e. The highest BCUT2D eigenvalue weighted by molar-refractivity contribution is 5.94. The molecule has 2 heterocycles. The Kier molecular flexibility index (Phi) is 5.73. The Balaban J connectivity index is 1.72. The van der Waals surface area contributed by atoms with Crippen LogP contribution in [0, 0.1) is 0 Å². The predicted octanol–water partition coefficient (Wildman–Crippen LogP) is 2.31. The van der Waals surface area contributed by atoms with E-state index in [9.17, 15) is 4.79 Å². The van der Waals surface area contributed by atoms with Crippen molar-refractivity contribution < 1.29 is 13.9 Å². The number of nitrogens with zero attached hydrogens (tertiary/aromatic N) is 1. The van der Waals surface area contributed by atoms with E-state index in [2.05, 4.69) is 16.3 Å². The van der Waals surface area contributed by atoms with Gasteiger partial charge in [-0.25, -0.2) is 0 Å². The molecule has 0 bridgehead atoms. The van der Waals surface area contributed by atoms with Gasteiger partial charge in [-0.05, 0) is 49.7 Å². The van der Waals surface area contributed by atoms with E-state index in [0.717, 1.165) is 24.4 Å². The zero-order valence-electron chi connectivity index (χ0n) is 14.5. The first-order chi connectivity index (χ1) is 12.2. The lowest BCUT2D eigenvalue weighted by molar-refractivity contribution is 0.0937. The third-order valence-electron chi connectivity index (χ3n) is 4.63. The molecule has 1 aromatic carbocycles. The molecule has 0 saturated carbocycles. The number of likely N-dealkylation sites (tertiary alicyclic amines) is 1. The lowest BCUT2D eigenvalue weighted by Gasteiger charge is -2.28. The topological polar surface area (TPSA) is 80.7 Å². The number of furan rings is 1. The Morgan fingerprint density at radius 1 is 1.36 bits per heavy atom. The number of benzene rings is 1. The van der Waals surface area contributed by atoms with Gasteiger partial charge in [-0.3, -0.25) is 9.69 Å². The zero-order chi connectivity index (χ0) is 17.6. The molecule has 1 aliphatic rings. The molecule has 0 spiro atoms. The summed E-state index contributed by atoms with van der Waals surface area (Å²) in [4.78, 5) is 14.8. The fourth-order valence-electron chi connectivity index (χ4n) is 3.26. The Bertz CT molecular complexity index is 707. The molecule has 1 amide bonds. The molecule has 25 heavy (non-hydrogen) atoms. The Morgan fingerprint density at radius 3 is 2.84 bits per heavy atom. The van der Waals surface area contributed by atoms with Crippen molar-refractivity contribution in [3.63, 3.8) is 0 Å². The molecule has 1 atom stereocenters. The van der Waals surface area contributed by atoms with Gasteiger partial charge in [0.1, 0.15) is 17.8 Å². The highest BCUT2D eigenvalue weighted by atomic mass is 16.5. The van der Waals surface area contributed by atoms with Crippen LogP contribution < -0.4 is 15.8 Å². The SMILES string of the molecule is COc1cccc(C(CNC(=O)c2coc(CN)c2)N2CCCC2)c1. The number of carbonyl (C=O) groups excluding carboxylic acids is 1. The van der Waals surface area contributed by atoms with Crippen molar-refractivity contribution in [2.45, 2.75) is 25.4 Å². The number of hydrogen-bond acceptors (Lipinski definition) is 5. The van der Waals surface area contributed by atoms with E-state index < -0.39 is 0 Å². The third-order valence-corrected chi connectivity index (χ3v) is 4.63. The van der Waals surface area contributed by atoms with Crippen LogP contribution in [0.5, 0.6) is 5.75 Å². The predicted molar refractivity (Wildman–Crippen MR) is 95.5 cm³/mol. The fraction of sp³-hybridized carbons (Fsp3) is 0.421. The maximum absolute atomic E-state index is 12.4. The molecule has 3 rings (SSSR count). The summed E-state index contributed by atoms with van der Waals surface area (Å²) < 4.78 is 10.6. The minimum atomic E-state index is -0.143. The number of rotatable bonds is 7. The van der Waals surface area contributed by atoms with Crippen LogP contribution in [0.3, 0.4) is 0 Å². The van der Waals surface area contributed by atoms with Crippen LogP contribution in [0.25, 0.3) is 0 Å². The summed E-state index contributed by atoms with van der Waals surface area (Å²) in [6.45, 7) is 2.91. The van der Waals surface area contributed by atoms with E-state index in [0.29, 0.717) is 17.9 Å². The lowest BCUT2D eigenvalue weighted by Crippen LogP contribution is -2.36. The number of carbonyl (C=O) groups is 1. The van der Waals surface area contributed by atoms with Crippen molar-refractivity contribution in [1.82, 2.24) is 10.2 Å². The Hall–Kier alpha value is -2.31. The maximum Gasteiger partial charge on any atom is 0.254 e. The summed E-state index contributed by atoms with van der Waals surface area (Å²) >= 11 is 0. The fourth-order valence-corrected chi connectivity index (χ4v) is 3.26. The normalized spacial score (nSPS) is 15.9. The summed E-state index contributed by atoms with van der Waals surface area (Å²) in [5, 5.41) is 3.03. The standard InChI is InChI=1S/C19H25N3O3/c1-24-16-6-4-5-14(9-16)18(22-7-2-3-8-22)12-21-19(23)15-10-17(11-20)25-13-15/h4-6,9-10,13,18H,2-3,7-8,11-12,20H2,1H3,(H,21,23). The number of hydrogen-bond donors (Lipinski definition) is 2. The van der Waals surface area contributed by atoms with Crippen LogP contribution in [0.1, 0.15) is 40.6 Å². The van der Waals surface area contributed by atoms with Gasteiger partial charge in [-0.2, -0.15) is 0 Å². The molecule has 3 N–H and O–H groups in total. The van der Waals surface area contributed by atoms with Gasteiger partial charge in [0.05, 0.1) is 25.3 Å². The molecule has 1 fully saturated rings. The highest BCUT2D eigenvalue weighted by Crippen LogP contribution is 2.27. The van der Waals surface area contributed by atoms with Crippen LogP contribution >= 0.6 is 0 Å². The summed E-state index contributed by atoms with van der Waals surface area (Å²) in [5.74, 6) is 1.29. The van der Waals surface area contributed by atoms with Gasteiger partial charge >= 0.3 is 0 Å². The molecule has 134 valence electrons. The second-order valence-corrected chi connectivity index (χ2v) is 6.25. The molecule has 0 radical (unpaired) electrons. The van der Waals surface area contributed by atoms with Gasteiger partial charge in [0.25, 0.3) is 5.91 Å². The largest absolute Gasteiger partial charge is 0.497 e. The second kappa shape index (κ2) is 8.18. The van der Waals surface area contributed by atoms with Gasteiger partial charge in [0, 0.05) is 6.54 Å².